The first-order chi connectivity index (χ1) is 12.9. The molecule has 1 aliphatic rings. The average Bonchev–Trinajstić information content (AvgIpc) is 2.99. The lowest BCUT2D eigenvalue weighted by molar-refractivity contribution is -0.117. The molecule has 0 radical (unpaired) electrons. The zero-order valence-corrected chi connectivity index (χ0v) is 16.5. The summed E-state index contributed by atoms with van der Waals surface area (Å²) in [5.74, 6) is -0.409. The quantitative estimate of drug-likeness (QED) is 0.694. The number of anilines is 1. The molecule has 0 spiro atoms. The minimum absolute atomic E-state index is 0.0702. The molecule has 1 aliphatic heterocycles. The van der Waals surface area contributed by atoms with Crippen LogP contribution in [0.25, 0.3) is 0 Å². The maximum Gasteiger partial charge on any atom is 0.315 e. The number of halogens is 1. The third-order valence-electron chi connectivity index (χ3n) is 4.98. The molecule has 0 saturated carbocycles. The summed E-state index contributed by atoms with van der Waals surface area (Å²) in [5.41, 5.74) is 0.649. The molecule has 150 valence electrons. The van der Waals surface area contributed by atoms with Crippen LogP contribution in [0.3, 0.4) is 0 Å². The molecule has 1 aromatic carbocycles. The highest BCUT2D eigenvalue weighted by molar-refractivity contribution is 5.96. The van der Waals surface area contributed by atoms with Crippen molar-refractivity contribution >= 4 is 17.6 Å². The molecule has 7 heteroatoms. The highest BCUT2D eigenvalue weighted by Crippen LogP contribution is 2.21. The average molecular weight is 378 g/mol. The van der Waals surface area contributed by atoms with Crippen molar-refractivity contribution in [3.8, 4) is 0 Å². The van der Waals surface area contributed by atoms with E-state index in [1.54, 1.807) is 17.0 Å². The monoisotopic (exact) mass is 378 g/mol. The second-order valence-corrected chi connectivity index (χ2v) is 7.07. The number of carbonyl (C=O) groups is 2. The molecular weight excluding hydrogens is 347 g/mol. The maximum absolute atomic E-state index is 13.0. The van der Waals surface area contributed by atoms with Crippen molar-refractivity contribution in [2.75, 3.05) is 31.1 Å². The van der Waals surface area contributed by atoms with Crippen LogP contribution in [-0.2, 0) is 4.79 Å². The fourth-order valence-corrected chi connectivity index (χ4v) is 3.36. The minimum Gasteiger partial charge on any atom is -0.336 e. The number of carbonyl (C=O) groups excluding carboxylic acids is 2. The molecule has 0 unspecified atom stereocenters. The maximum atomic E-state index is 13.0. The van der Waals surface area contributed by atoms with Crippen molar-refractivity contribution in [2.24, 2.45) is 0 Å². The van der Waals surface area contributed by atoms with Gasteiger partial charge in [0, 0.05) is 24.7 Å². The Balaban J connectivity index is 1.74. The normalized spacial score (nSPS) is 18.0. The van der Waals surface area contributed by atoms with Gasteiger partial charge in [0.25, 0.3) is 0 Å². The highest BCUT2D eigenvalue weighted by Gasteiger charge is 2.31. The van der Waals surface area contributed by atoms with E-state index in [-0.39, 0.29) is 36.3 Å². The predicted octanol–water partition coefficient (Wildman–Crippen LogP) is 2.74. The van der Waals surface area contributed by atoms with Crippen LogP contribution in [-0.4, -0.2) is 55.1 Å². The Morgan fingerprint density at radius 1 is 1.30 bits per heavy atom. The van der Waals surface area contributed by atoms with Gasteiger partial charge in [-0.25, -0.2) is 9.18 Å². The summed E-state index contributed by atoms with van der Waals surface area (Å²) in [5, 5.41) is 5.82. The molecule has 27 heavy (non-hydrogen) atoms. The second kappa shape index (κ2) is 10.3. The number of urea groups is 1. The molecule has 1 heterocycles. The summed E-state index contributed by atoms with van der Waals surface area (Å²) in [7, 11) is 0. The van der Waals surface area contributed by atoms with Gasteiger partial charge in [0.15, 0.2) is 0 Å². The molecule has 2 N–H and O–H groups in total. The second-order valence-electron chi connectivity index (χ2n) is 7.07. The van der Waals surface area contributed by atoms with Gasteiger partial charge in [0.1, 0.15) is 5.82 Å². The summed E-state index contributed by atoms with van der Waals surface area (Å²) in [6, 6.07) is 5.40. The van der Waals surface area contributed by atoms with E-state index in [0.29, 0.717) is 12.2 Å². The van der Waals surface area contributed by atoms with Crippen LogP contribution in [0.4, 0.5) is 14.9 Å². The molecule has 1 saturated heterocycles. The number of hydrogen-bond acceptors (Lipinski definition) is 3. The van der Waals surface area contributed by atoms with Crippen molar-refractivity contribution in [2.45, 2.75) is 52.1 Å². The van der Waals surface area contributed by atoms with Gasteiger partial charge in [-0.1, -0.05) is 13.8 Å². The fraction of sp³-hybridized carbons (Fsp3) is 0.600. The first-order valence-corrected chi connectivity index (χ1v) is 9.78. The first kappa shape index (κ1) is 21.2. The Morgan fingerprint density at radius 2 is 1.96 bits per heavy atom. The number of benzene rings is 1. The Kier molecular flexibility index (Phi) is 8.03. The molecule has 2 rings (SSSR count). The number of amides is 3. The summed E-state index contributed by atoms with van der Waals surface area (Å²) >= 11 is 0. The largest absolute Gasteiger partial charge is 0.336 e. The van der Waals surface area contributed by atoms with E-state index in [0.717, 1.165) is 32.5 Å². The van der Waals surface area contributed by atoms with Crippen LogP contribution in [0.2, 0.25) is 0 Å². The Labute approximate surface area is 161 Å². The standard InChI is InChI=1S/C20H31FN4O2/c1-4-24(5-2)12-6-7-15(3)22-20(27)23-17-13-19(26)25(14-17)18-10-8-16(21)9-11-18/h8-11,15,17H,4-7,12-14H2,1-3H3,(H2,22,23,27)/t15-,17+/m1/s1. The number of nitrogens with zero attached hydrogens (tertiary/aromatic N) is 2. The molecule has 2 atom stereocenters. The van der Waals surface area contributed by atoms with Crippen LogP contribution in [0.5, 0.6) is 0 Å². The summed E-state index contributed by atoms with van der Waals surface area (Å²) < 4.78 is 13.0. The van der Waals surface area contributed by atoms with Crippen molar-refractivity contribution in [1.82, 2.24) is 15.5 Å². The van der Waals surface area contributed by atoms with Gasteiger partial charge in [-0.2, -0.15) is 0 Å². The van der Waals surface area contributed by atoms with Gasteiger partial charge in [-0.05, 0) is 63.7 Å². The smallest absolute Gasteiger partial charge is 0.315 e. The lowest BCUT2D eigenvalue weighted by atomic mass is 10.2. The lowest BCUT2D eigenvalue weighted by Gasteiger charge is -2.21. The summed E-state index contributed by atoms with van der Waals surface area (Å²) in [6.07, 6.45) is 2.19. The SMILES string of the molecule is CCN(CC)CCC[C@@H](C)NC(=O)N[C@H]1CC(=O)N(c2ccc(F)cc2)C1. The number of nitrogens with one attached hydrogen (secondary N) is 2. The van der Waals surface area contributed by atoms with Crippen LogP contribution in [0.15, 0.2) is 24.3 Å². The van der Waals surface area contributed by atoms with Gasteiger partial charge in [-0.3, -0.25) is 4.79 Å². The highest BCUT2D eigenvalue weighted by atomic mass is 19.1. The fourth-order valence-electron chi connectivity index (χ4n) is 3.36. The number of hydrogen-bond donors (Lipinski definition) is 2. The van der Waals surface area contributed by atoms with Gasteiger partial charge in [0.2, 0.25) is 5.91 Å². The molecule has 0 aliphatic carbocycles. The third kappa shape index (κ3) is 6.50. The summed E-state index contributed by atoms with van der Waals surface area (Å²) in [4.78, 5) is 28.3. The van der Waals surface area contributed by atoms with E-state index in [9.17, 15) is 14.0 Å². The van der Waals surface area contributed by atoms with Crippen molar-refractivity contribution in [3.05, 3.63) is 30.1 Å². The molecule has 6 nitrogen and oxygen atoms in total. The molecule has 1 fully saturated rings. The van der Waals surface area contributed by atoms with E-state index in [1.165, 1.54) is 12.1 Å². The van der Waals surface area contributed by atoms with Gasteiger partial charge in [-0.15, -0.1) is 0 Å². The Morgan fingerprint density at radius 3 is 2.59 bits per heavy atom. The molecule has 0 bridgehead atoms. The predicted molar refractivity (Wildman–Crippen MR) is 105 cm³/mol. The Bertz CT molecular complexity index is 619. The van der Waals surface area contributed by atoms with Crippen molar-refractivity contribution in [3.63, 3.8) is 0 Å². The van der Waals surface area contributed by atoms with E-state index < -0.39 is 0 Å². The van der Waals surface area contributed by atoms with Crippen molar-refractivity contribution < 1.29 is 14.0 Å². The number of rotatable bonds is 9. The zero-order chi connectivity index (χ0) is 19.8. The van der Waals surface area contributed by atoms with Crippen molar-refractivity contribution in [1.29, 1.82) is 0 Å². The lowest BCUT2D eigenvalue weighted by Crippen LogP contribution is -2.46. The minimum atomic E-state index is -0.338. The van der Waals surface area contributed by atoms with Gasteiger partial charge >= 0.3 is 6.03 Å². The van der Waals surface area contributed by atoms with E-state index >= 15 is 0 Å². The van der Waals surface area contributed by atoms with Crippen LogP contribution in [0, 0.1) is 5.82 Å². The third-order valence-corrected chi connectivity index (χ3v) is 4.98. The van der Waals surface area contributed by atoms with Crippen LogP contribution < -0.4 is 15.5 Å². The van der Waals surface area contributed by atoms with Crippen LogP contribution in [0.1, 0.15) is 40.0 Å². The molecular formula is C20H31FN4O2. The van der Waals surface area contributed by atoms with Gasteiger partial charge < -0.3 is 20.4 Å². The first-order valence-electron chi connectivity index (χ1n) is 9.78. The topological polar surface area (TPSA) is 64.7 Å². The summed E-state index contributed by atoms with van der Waals surface area (Å²) in [6.45, 7) is 9.80. The molecule has 0 aromatic heterocycles. The molecule has 1 aromatic rings. The Hall–Kier alpha value is -2.15. The van der Waals surface area contributed by atoms with E-state index in [1.807, 2.05) is 6.92 Å². The van der Waals surface area contributed by atoms with E-state index in [4.69, 9.17) is 0 Å². The van der Waals surface area contributed by atoms with E-state index in [2.05, 4.69) is 29.4 Å². The zero-order valence-electron chi connectivity index (χ0n) is 16.5. The van der Waals surface area contributed by atoms with Crippen LogP contribution >= 0.6 is 0 Å². The van der Waals surface area contributed by atoms with Gasteiger partial charge in [0.05, 0.1) is 6.04 Å². The molecule has 3 amide bonds.